The average Bonchev–Trinajstić information content (AvgIpc) is 4.18. The highest BCUT2D eigenvalue weighted by molar-refractivity contribution is 7.31. The van der Waals surface area contributed by atoms with Gasteiger partial charge in [0.2, 0.25) is 0 Å². The van der Waals surface area contributed by atoms with Gasteiger partial charge >= 0.3 is 0 Å². The molecule has 0 saturated heterocycles. The van der Waals surface area contributed by atoms with Crippen molar-refractivity contribution in [2.75, 3.05) is 0 Å². The van der Waals surface area contributed by atoms with Gasteiger partial charge in [-0.25, -0.2) is 0 Å². The van der Waals surface area contributed by atoms with Crippen molar-refractivity contribution in [3.8, 4) is 58.5 Å². The fourth-order valence-electron chi connectivity index (χ4n) is 10.9. The molecule has 0 aromatic carbocycles. The quantitative estimate of drug-likeness (QED) is 0.0451. The maximum Gasteiger partial charge on any atom is 0.0493 e. The van der Waals surface area contributed by atoms with E-state index in [1.54, 1.807) is 41.8 Å². The minimum absolute atomic E-state index is 0.131. The Morgan fingerprint density at radius 3 is 1.30 bits per heavy atom. The van der Waals surface area contributed by atoms with Crippen molar-refractivity contribution in [1.29, 1.82) is 0 Å². The average molecular weight is 1010 g/mol. The Balaban J connectivity index is 1.14. The van der Waals surface area contributed by atoms with Crippen LogP contribution in [0.15, 0.2) is 60.7 Å². The first kappa shape index (κ1) is 50.3. The molecule has 0 N–H and O–H groups in total. The van der Waals surface area contributed by atoms with Gasteiger partial charge in [-0.2, -0.15) is 0 Å². The highest BCUT2D eigenvalue weighted by atomic mass is 32.1. The van der Waals surface area contributed by atoms with Crippen LogP contribution in [0.2, 0.25) is 0 Å². The van der Waals surface area contributed by atoms with Crippen molar-refractivity contribution in [3.63, 3.8) is 0 Å². The van der Waals surface area contributed by atoms with Crippen molar-refractivity contribution < 1.29 is 0 Å². The summed E-state index contributed by atoms with van der Waals surface area (Å²) in [7, 11) is 0. The first-order valence-electron chi connectivity index (χ1n) is 26.0. The molecule has 2 unspecified atom stereocenters. The van der Waals surface area contributed by atoms with Crippen LogP contribution in [0.3, 0.4) is 0 Å². The number of hydrogen-bond donors (Lipinski definition) is 0. The lowest BCUT2D eigenvalue weighted by Gasteiger charge is -2.37. The fraction of sp³-hybridized carbons (Fsp3) is 0.525. The molecular formula is C59H76S7. The molecule has 8 rings (SSSR count). The summed E-state index contributed by atoms with van der Waals surface area (Å²) in [5, 5.41) is 0. The van der Waals surface area contributed by atoms with Crippen LogP contribution in [0.25, 0.3) is 58.5 Å². The summed E-state index contributed by atoms with van der Waals surface area (Å²) in [6.07, 6.45) is 26.0. The predicted octanol–water partition coefficient (Wildman–Crippen LogP) is 22.8. The zero-order chi connectivity index (χ0) is 46.2. The number of hydrogen-bond acceptors (Lipinski definition) is 7. The summed E-state index contributed by atoms with van der Waals surface area (Å²) in [5.41, 5.74) is 6.80. The molecule has 0 saturated carbocycles. The van der Waals surface area contributed by atoms with Gasteiger partial charge < -0.3 is 0 Å². The van der Waals surface area contributed by atoms with Gasteiger partial charge in [0.05, 0.1) is 0 Å². The molecule has 0 fully saturated rings. The molecular weight excluding hydrogens is 933 g/mol. The molecule has 7 aromatic rings. The lowest BCUT2D eigenvalue weighted by molar-refractivity contribution is 0.266. The van der Waals surface area contributed by atoms with Crippen LogP contribution in [0, 0.1) is 25.7 Å². The zero-order valence-electron chi connectivity index (χ0n) is 41.4. The SMILES string of the molecule is CCCCCCc1c(-c2ccc(-c3ccc(C)s3)s2)sc(-c2ccc(-c3ccc(-c4cc5c(s4)-c4sc(C)cc4C5(CC(CC)CCCC)CC(CC)CCCC)s3)s2)c1CCCCCC. The third-order valence-electron chi connectivity index (χ3n) is 14.6. The van der Waals surface area contributed by atoms with Crippen LogP contribution in [0.1, 0.15) is 189 Å². The Morgan fingerprint density at radius 1 is 0.379 bits per heavy atom. The number of aryl methyl sites for hydroxylation is 2. The normalized spacial score (nSPS) is 15.5. The maximum atomic E-state index is 2.70. The summed E-state index contributed by atoms with van der Waals surface area (Å²) < 4.78 is 0. The third-order valence-corrected chi connectivity index (χ3v) is 23.4. The van der Waals surface area contributed by atoms with Crippen LogP contribution >= 0.6 is 79.4 Å². The van der Waals surface area contributed by atoms with Gasteiger partial charge in [-0.1, -0.05) is 131 Å². The van der Waals surface area contributed by atoms with Gasteiger partial charge in [-0.3, -0.25) is 0 Å². The van der Waals surface area contributed by atoms with Crippen molar-refractivity contribution in [2.45, 2.75) is 189 Å². The first-order valence-corrected chi connectivity index (χ1v) is 31.7. The fourth-order valence-corrected chi connectivity index (χ4v) is 19.2. The van der Waals surface area contributed by atoms with Gasteiger partial charge in [-0.15, -0.1) is 79.4 Å². The second kappa shape index (κ2) is 23.7. The molecule has 7 heterocycles. The van der Waals surface area contributed by atoms with Crippen molar-refractivity contribution in [2.24, 2.45) is 11.8 Å². The molecule has 7 heteroatoms. The minimum Gasteiger partial charge on any atom is -0.140 e. The molecule has 0 spiro atoms. The van der Waals surface area contributed by atoms with Gasteiger partial charge in [0.15, 0.2) is 0 Å². The smallest absolute Gasteiger partial charge is 0.0493 e. The van der Waals surface area contributed by atoms with E-state index in [-0.39, 0.29) is 5.41 Å². The number of rotatable bonds is 27. The second-order valence-corrected chi connectivity index (χ2v) is 27.4. The minimum atomic E-state index is 0.131. The number of unbranched alkanes of at least 4 members (excludes halogenated alkanes) is 8. The molecule has 354 valence electrons. The second-order valence-electron chi connectivity index (χ2n) is 19.5. The van der Waals surface area contributed by atoms with Crippen LogP contribution in [0.5, 0.6) is 0 Å². The lowest BCUT2D eigenvalue weighted by Crippen LogP contribution is -2.31. The molecule has 0 amide bonds. The summed E-state index contributed by atoms with van der Waals surface area (Å²) in [4.78, 5) is 20.7. The molecule has 0 radical (unpaired) electrons. The summed E-state index contributed by atoms with van der Waals surface area (Å²) in [6, 6.07) is 24.5. The molecule has 0 nitrogen and oxygen atoms in total. The van der Waals surface area contributed by atoms with Gasteiger partial charge in [-0.05, 0) is 147 Å². The molecule has 7 aromatic heterocycles. The molecule has 2 atom stereocenters. The Labute approximate surface area is 428 Å². The summed E-state index contributed by atoms with van der Waals surface area (Å²) >= 11 is 14.3. The highest BCUT2D eigenvalue weighted by Gasteiger charge is 2.47. The maximum absolute atomic E-state index is 2.70. The largest absolute Gasteiger partial charge is 0.140 e. The summed E-state index contributed by atoms with van der Waals surface area (Å²) in [5.74, 6) is 1.54. The van der Waals surface area contributed by atoms with Crippen LogP contribution in [-0.4, -0.2) is 0 Å². The molecule has 0 aliphatic heterocycles. The summed E-state index contributed by atoms with van der Waals surface area (Å²) in [6.45, 7) is 18.9. The van der Waals surface area contributed by atoms with E-state index in [2.05, 4.69) is 150 Å². The van der Waals surface area contributed by atoms with E-state index in [1.807, 2.05) is 45.3 Å². The number of thiophene rings is 7. The van der Waals surface area contributed by atoms with Gasteiger partial charge in [0.1, 0.15) is 0 Å². The molecule has 66 heavy (non-hydrogen) atoms. The van der Waals surface area contributed by atoms with Gasteiger partial charge in [0, 0.05) is 73.7 Å². The zero-order valence-corrected chi connectivity index (χ0v) is 47.1. The van der Waals surface area contributed by atoms with E-state index in [4.69, 9.17) is 0 Å². The van der Waals surface area contributed by atoms with E-state index in [0.29, 0.717) is 0 Å². The molecule has 1 aliphatic carbocycles. The Morgan fingerprint density at radius 2 is 0.818 bits per heavy atom. The van der Waals surface area contributed by atoms with E-state index < -0.39 is 0 Å². The van der Waals surface area contributed by atoms with Crippen LogP contribution < -0.4 is 0 Å². The van der Waals surface area contributed by atoms with E-state index in [9.17, 15) is 0 Å². The lowest BCUT2D eigenvalue weighted by atomic mass is 9.65. The standard InChI is InChI=1S/C59H76S7/c1-9-15-19-21-25-43-44(26-22-20-16-10-2)56(66-55(43)52-33-31-48(63-52)47-28-27-39(7)60-47)53-34-32-50(64-53)49-29-30-51(62-49)54-36-46-58(65-54)57-45(35-40(8)61-57)59(46,37-41(13-5)23-17-11-3)38-42(14-6)24-18-12-4/h27-36,41-42H,9-26,37-38H2,1-8H3. The number of fused-ring (bicyclic) bond motifs is 3. The Kier molecular flexibility index (Phi) is 18.0. The molecule has 1 aliphatic rings. The van der Waals surface area contributed by atoms with Crippen molar-refractivity contribution >= 4 is 79.4 Å². The highest BCUT2D eigenvalue weighted by Crippen LogP contribution is 2.62. The monoisotopic (exact) mass is 1010 g/mol. The van der Waals surface area contributed by atoms with Gasteiger partial charge in [0.25, 0.3) is 0 Å². The topological polar surface area (TPSA) is 0 Å². The van der Waals surface area contributed by atoms with Crippen LogP contribution in [0.4, 0.5) is 0 Å². The van der Waals surface area contributed by atoms with Crippen molar-refractivity contribution in [1.82, 2.24) is 0 Å². The Hall–Kier alpha value is -2.10. The van der Waals surface area contributed by atoms with E-state index in [0.717, 1.165) is 11.8 Å². The van der Waals surface area contributed by atoms with E-state index in [1.165, 1.54) is 177 Å². The molecule has 0 bridgehead atoms. The van der Waals surface area contributed by atoms with Crippen molar-refractivity contribution in [3.05, 3.63) is 92.7 Å². The van der Waals surface area contributed by atoms with E-state index >= 15 is 0 Å². The third kappa shape index (κ3) is 11.1. The Bertz CT molecular complexity index is 2570. The predicted molar refractivity (Wildman–Crippen MR) is 306 cm³/mol. The van der Waals surface area contributed by atoms with Crippen LogP contribution in [-0.2, 0) is 18.3 Å². The first-order chi connectivity index (χ1) is 32.2.